The summed E-state index contributed by atoms with van der Waals surface area (Å²) in [5.74, 6) is 0.843. The Kier molecular flexibility index (Phi) is 9.32. The number of halogens is 1. The van der Waals surface area contributed by atoms with Crippen LogP contribution in [-0.2, 0) is 13.0 Å². The summed E-state index contributed by atoms with van der Waals surface area (Å²) in [6.45, 7) is 10.6. The summed E-state index contributed by atoms with van der Waals surface area (Å²) in [5, 5.41) is 11.0. The van der Waals surface area contributed by atoms with Gasteiger partial charge in [0.1, 0.15) is 5.01 Å². The van der Waals surface area contributed by atoms with Gasteiger partial charge in [-0.1, -0.05) is 0 Å². The number of guanidine groups is 1. The molecule has 0 bridgehead atoms. The number of aromatic nitrogens is 2. The molecule has 0 fully saturated rings. The molecule has 0 unspecified atom stereocenters. The van der Waals surface area contributed by atoms with Gasteiger partial charge in [0.05, 0.1) is 27.8 Å². The first-order valence-corrected chi connectivity index (χ1v) is 11.5. The topological polar surface area (TPSA) is 62.2 Å². The van der Waals surface area contributed by atoms with Gasteiger partial charge in [0.15, 0.2) is 5.96 Å². The van der Waals surface area contributed by atoms with E-state index < -0.39 is 0 Å². The molecular weight excluding hydrogens is 521 g/mol. The fraction of sp³-hybridized carbons (Fsp3) is 0.421. The molecule has 28 heavy (non-hydrogen) atoms. The first kappa shape index (κ1) is 23.2. The summed E-state index contributed by atoms with van der Waals surface area (Å²) in [7, 11) is 0. The van der Waals surface area contributed by atoms with E-state index in [9.17, 15) is 0 Å². The quantitative estimate of drug-likeness (QED) is 0.244. The van der Waals surface area contributed by atoms with E-state index in [-0.39, 0.29) is 24.0 Å². The average molecular weight is 548 g/mol. The van der Waals surface area contributed by atoms with Crippen molar-refractivity contribution < 1.29 is 0 Å². The minimum Gasteiger partial charge on any atom is -0.357 e. The van der Waals surface area contributed by atoms with Gasteiger partial charge in [-0.15, -0.1) is 58.0 Å². The van der Waals surface area contributed by atoms with Crippen LogP contribution >= 0.6 is 58.0 Å². The van der Waals surface area contributed by atoms with E-state index in [1.807, 2.05) is 25.2 Å². The Balaban J connectivity index is 0.00000280. The van der Waals surface area contributed by atoms with E-state index in [2.05, 4.69) is 57.0 Å². The molecule has 0 spiro atoms. The number of nitrogens with one attached hydrogen (secondary N) is 2. The monoisotopic (exact) mass is 547 g/mol. The maximum atomic E-state index is 4.66. The fourth-order valence-corrected chi connectivity index (χ4v) is 5.04. The standard InChI is InChI=1S/C19H25N5S3.HI/c1-5-20-19(22-10-18-23-12(2)13(3)26-18)21-9-8-15-6-7-17(27-15)16-11-25-14(4)24-16;/h6-7,11H,5,8-10H2,1-4H3,(H2,20,21,22);1H. The first-order valence-electron chi connectivity index (χ1n) is 9.01. The Morgan fingerprint density at radius 1 is 1.11 bits per heavy atom. The summed E-state index contributed by atoms with van der Waals surface area (Å²) in [4.78, 5) is 17.6. The van der Waals surface area contributed by atoms with Crippen LogP contribution in [0.1, 0.15) is 32.4 Å². The molecule has 0 radical (unpaired) electrons. The summed E-state index contributed by atoms with van der Waals surface area (Å²) in [5.41, 5.74) is 2.19. The van der Waals surface area contributed by atoms with Crippen molar-refractivity contribution >= 4 is 63.9 Å². The number of hydrogen-bond donors (Lipinski definition) is 2. The molecular formula is C19H26IN5S3. The van der Waals surface area contributed by atoms with Crippen LogP contribution in [0.5, 0.6) is 0 Å². The zero-order valence-electron chi connectivity index (χ0n) is 16.5. The zero-order valence-corrected chi connectivity index (χ0v) is 21.3. The highest BCUT2D eigenvalue weighted by molar-refractivity contribution is 14.0. The molecule has 2 N–H and O–H groups in total. The third kappa shape index (κ3) is 6.50. The molecule has 0 aromatic carbocycles. The van der Waals surface area contributed by atoms with Crippen molar-refractivity contribution in [3.05, 3.63) is 43.0 Å². The second-order valence-corrected chi connectivity index (χ2v) is 9.66. The smallest absolute Gasteiger partial charge is 0.191 e. The van der Waals surface area contributed by atoms with Gasteiger partial charge in [0, 0.05) is 28.2 Å². The predicted octanol–water partition coefficient (Wildman–Crippen LogP) is 5.17. The molecule has 0 aliphatic carbocycles. The van der Waals surface area contributed by atoms with Crippen molar-refractivity contribution in [3.63, 3.8) is 0 Å². The number of aryl methyl sites for hydroxylation is 3. The minimum absolute atomic E-state index is 0. The molecule has 0 aliphatic heterocycles. The number of nitrogens with zero attached hydrogens (tertiary/aromatic N) is 3. The summed E-state index contributed by atoms with van der Waals surface area (Å²) in [6.07, 6.45) is 0.966. The summed E-state index contributed by atoms with van der Waals surface area (Å²) in [6, 6.07) is 4.36. The molecule has 0 amide bonds. The van der Waals surface area contributed by atoms with E-state index >= 15 is 0 Å². The molecule has 3 rings (SSSR count). The first-order chi connectivity index (χ1) is 13.0. The lowest BCUT2D eigenvalue weighted by atomic mass is 10.3. The number of thiazole rings is 2. The van der Waals surface area contributed by atoms with E-state index in [0.717, 1.165) is 46.9 Å². The second-order valence-electron chi connectivity index (χ2n) is 6.14. The molecule has 3 heterocycles. The van der Waals surface area contributed by atoms with E-state index in [4.69, 9.17) is 0 Å². The highest BCUT2D eigenvalue weighted by Crippen LogP contribution is 2.29. The molecule has 0 saturated heterocycles. The van der Waals surface area contributed by atoms with Crippen molar-refractivity contribution in [2.75, 3.05) is 13.1 Å². The lowest BCUT2D eigenvalue weighted by Gasteiger charge is -2.10. The van der Waals surface area contributed by atoms with Crippen molar-refractivity contribution in [1.82, 2.24) is 20.6 Å². The van der Waals surface area contributed by atoms with Crippen molar-refractivity contribution in [3.8, 4) is 10.6 Å². The molecule has 9 heteroatoms. The maximum Gasteiger partial charge on any atom is 0.191 e. The molecule has 152 valence electrons. The van der Waals surface area contributed by atoms with Gasteiger partial charge in [-0.05, 0) is 46.2 Å². The number of hydrogen-bond acceptors (Lipinski definition) is 6. The Bertz CT molecular complexity index is 893. The highest BCUT2D eigenvalue weighted by Gasteiger charge is 2.07. The van der Waals surface area contributed by atoms with E-state index in [1.165, 1.54) is 14.6 Å². The van der Waals surface area contributed by atoms with Gasteiger partial charge >= 0.3 is 0 Å². The summed E-state index contributed by atoms with van der Waals surface area (Å²) < 4.78 is 0. The van der Waals surface area contributed by atoms with Crippen LogP contribution in [0, 0.1) is 20.8 Å². The number of aliphatic imine (C=N–C) groups is 1. The van der Waals surface area contributed by atoms with Crippen LogP contribution in [0.2, 0.25) is 0 Å². The Labute approximate surface area is 195 Å². The summed E-state index contributed by atoms with van der Waals surface area (Å²) >= 11 is 5.23. The fourth-order valence-electron chi connectivity index (χ4n) is 2.53. The molecule has 0 aliphatic rings. The van der Waals surface area contributed by atoms with Crippen molar-refractivity contribution in [2.24, 2.45) is 4.99 Å². The van der Waals surface area contributed by atoms with Crippen molar-refractivity contribution in [2.45, 2.75) is 40.7 Å². The van der Waals surface area contributed by atoms with E-state index in [0.29, 0.717) is 6.54 Å². The van der Waals surface area contributed by atoms with Crippen LogP contribution in [0.3, 0.4) is 0 Å². The van der Waals surface area contributed by atoms with Gasteiger partial charge in [0.2, 0.25) is 0 Å². The van der Waals surface area contributed by atoms with Crippen LogP contribution in [-0.4, -0.2) is 29.0 Å². The lowest BCUT2D eigenvalue weighted by molar-refractivity contribution is 0.803. The molecule has 0 atom stereocenters. The Hall–Kier alpha value is -1.04. The van der Waals surface area contributed by atoms with Gasteiger partial charge < -0.3 is 10.6 Å². The van der Waals surface area contributed by atoms with Gasteiger partial charge in [-0.25, -0.2) is 15.0 Å². The maximum absolute atomic E-state index is 4.66. The largest absolute Gasteiger partial charge is 0.357 e. The van der Waals surface area contributed by atoms with Crippen molar-refractivity contribution in [1.29, 1.82) is 0 Å². The van der Waals surface area contributed by atoms with Crippen LogP contribution < -0.4 is 10.6 Å². The zero-order chi connectivity index (χ0) is 19.2. The van der Waals surface area contributed by atoms with Gasteiger partial charge in [-0.2, -0.15) is 0 Å². The van der Waals surface area contributed by atoms with Gasteiger partial charge in [-0.3, -0.25) is 0 Å². The predicted molar refractivity (Wildman–Crippen MR) is 134 cm³/mol. The lowest BCUT2D eigenvalue weighted by Crippen LogP contribution is -2.38. The average Bonchev–Trinajstić information content (AvgIpc) is 3.34. The highest BCUT2D eigenvalue weighted by atomic mass is 127. The van der Waals surface area contributed by atoms with Crippen LogP contribution in [0.25, 0.3) is 10.6 Å². The van der Waals surface area contributed by atoms with Crippen LogP contribution in [0.4, 0.5) is 0 Å². The SMILES string of the molecule is CCNC(=NCc1nc(C)c(C)s1)NCCc1ccc(-c2csc(C)n2)s1.I. The molecule has 5 nitrogen and oxygen atoms in total. The third-order valence-corrected chi connectivity index (χ3v) is 6.99. The Morgan fingerprint density at radius 2 is 1.93 bits per heavy atom. The van der Waals surface area contributed by atoms with Crippen LogP contribution in [0.15, 0.2) is 22.5 Å². The number of rotatable bonds is 7. The number of thiophene rings is 1. The molecule has 3 aromatic rings. The second kappa shape index (κ2) is 11.2. The third-order valence-electron chi connectivity index (χ3n) is 3.99. The van der Waals surface area contributed by atoms with E-state index in [1.54, 1.807) is 22.7 Å². The Morgan fingerprint density at radius 3 is 2.57 bits per heavy atom. The molecule has 0 saturated carbocycles. The normalized spacial score (nSPS) is 11.4. The minimum atomic E-state index is 0. The molecule has 3 aromatic heterocycles. The van der Waals surface area contributed by atoms with Gasteiger partial charge in [0.25, 0.3) is 0 Å².